The number of amides is 4. The van der Waals surface area contributed by atoms with Crippen molar-refractivity contribution in [3.8, 4) is 17.1 Å². The third-order valence-corrected chi connectivity index (χ3v) is 19.3. The summed E-state index contributed by atoms with van der Waals surface area (Å²) in [5.74, 6) is 1.25. The minimum absolute atomic E-state index is 0.0145. The molecular weight excluding hydrogens is 1320 g/mol. The number of hydrogen-bond acceptors (Lipinski definition) is 10. The third kappa shape index (κ3) is 18.7. The van der Waals surface area contributed by atoms with Crippen LogP contribution in [0.25, 0.3) is 33.2 Å². The van der Waals surface area contributed by atoms with Crippen molar-refractivity contribution >= 4 is 68.6 Å². The standard InChI is InChI=1S/C36H38N4O2.C30H33N3O3.C18H24Cl2N2O2/c1-5-32(34-37-31-22-13-12-21-30(31)35(41)40(34)29-20-14-15-26(2)25-29)39(24-23-38(3)4)36(42)33(27-16-8-6-9-17-27)28-18-10-7-11-19-28;1-6-18-32(29(34)22-13-16-24(36-5)17-14-22)27(7-2)28-31-26-11-9-8-10-25(26)30(35)33(28)23-15-12-20(3)21(4)19-23;1-2-3-6-17(23)22-11-4-5-16(22)18(24)21-10-9-13-7-8-14(19)12-15(13)20/h6-22,25,32-33H,5,23-24H2,1-4H3;8-17,19,27H,6-7,18H2,1-5H3;7-8,12,16H,2-6,9-11H2,1H3,(H,21,24). The molecule has 3 heterocycles. The number of benzene rings is 8. The van der Waals surface area contributed by atoms with Crippen LogP contribution in [-0.2, 0) is 20.8 Å². The highest BCUT2D eigenvalue weighted by Gasteiger charge is 2.36. The van der Waals surface area contributed by atoms with Crippen molar-refractivity contribution in [2.24, 2.45) is 0 Å². The van der Waals surface area contributed by atoms with Crippen LogP contribution < -0.4 is 21.2 Å². The Morgan fingerprint density at radius 1 is 0.608 bits per heavy atom. The van der Waals surface area contributed by atoms with Crippen molar-refractivity contribution in [1.29, 1.82) is 0 Å². The zero-order chi connectivity index (χ0) is 73.0. The van der Waals surface area contributed by atoms with E-state index in [2.05, 4.69) is 24.1 Å². The van der Waals surface area contributed by atoms with E-state index < -0.39 is 18.0 Å². The number of halogens is 2. The Kier molecular flexibility index (Phi) is 27.5. The highest BCUT2D eigenvalue weighted by atomic mass is 35.5. The van der Waals surface area contributed by atoms with Gasteiger partial charge in [0.2, 0.25) is 17.7 Å². The second kappa shape index (κ2) is 36.7. The van der Waals surface area contributed by atoms with Crippen LogP contribution in [0, 0.1) is 20.8 Å². The predicted octanol–water partition coefficient (Wildman–Crippen LogP) is 16.2. The van der Waals surface area contributed by atoms with E-state index in [9.17, 15) is 28.8 Å². The molecule has 8 aromatic carbocycles. The summed E-state index contributed by atoms with van der Waals surface area (Å²) in [5, 5.41) is 5.24. The topological polar surface area (TPSA) is 172 Å². The fourth-order valence-corrected chi connectivity index (χ4v) is 13.6. The number of methoxy groups -OCH3 is 1. The SMILES string of the molecule is CCC(c1nc2ccccc2c(=O)n1-c1cccc(C)c1)N(CCN(C)C)C(=O)C(c1ccccc1)c1ccccc1.CCCCC(=O)N1CCCC1C(=O)NCCc1ccc(Cl)cc1Cl.CCCN(C(=O)c1ccc(OC)cc1)C(CC)c1nc2ccccc2c(=O)n1-c1ccc(C)c(C)c1. The van der Waals surface area contributed by atoms with E-state index >= 15 is 0 Å². The lowest BCUT2D eigenvalue weighted by Gasteiger charge is -2.36. The van der Waals surface area contributed by atoms with Gasteiger partial charge in [0.15, 0.2) is 0 Å². The average molecular weight is 1410 g/mol. The van der Waals surface area contributed by atoms with Gasteiger partial charge in [-0.1, -0.05) is 167 Å². The summed E-state index contributed by atoms with van der Waals surface area (Å²) in [7, 11) is 5.61. The summed E-state index contributed by atoms with van der Waals surface area (Å²) in [4.78, 5) is 98.9. The molecule has 1 fully saturated rings. The summed E-state index contributed by atoms with van der Waals surface area (Å²) < 4.78 is 8.65. The molecule has 18 heteroatoms. The van der Waals surface area contributed by atoms with Crippen LogP contribution in [0.5, 0.6) is 5.75 Å². The highest BCUT2D eigenvalue weighted by molar-refractivity contribution is 6.35. The molecule has 4 amide bonds. The van der Waals surface area contributed by atoms with Gasteiger partial charge in [0.1, 0.15) is 23.4 Å². The van der Waals surface area contributed by atoms with Gasteiger partial charge in [0, 0.05) is 54.8 Å². The van der Waals surface area contributed by atoms with E-state index in [1.807, 2.05) is 210 Å². The number of nitrogens with one attached hydrogen (secondary N) is 1. The van der Waals surface area contributed by atoms with E-state index in [-0.39, 0.29) is 40.8 Å². The Morgan fingerprint density at radius 3 is 1.73 bits per heavy atom. The molecule has 3 atom stereocenters. The minimum atomic E-state index is -0.497. The molecule has 1 saturated heterocycles. The van der Waals surface area contributed by atoms with Gasteiger partial charge < -0.3 is 29.7 Å². The number of para-hydroxylation sites is 2. The van der Waals surface area contributed by atoms with Crippen molar-refractivity contribution in [1.82, 2.24) is 44.0 Å². The number of likely N-dealkylation sites (tertiary alicyclic amines) is 1. The fourth-order valence-electron chi connectivity index (χ4n) is 13.1. The Labute approximate surface area is 609 Å². The molecule has 10 aromatic rings. The summed E-state index contributed by atoms with van der Waals surface area (Å²) >= 11 is 12.0. The molecule has 102 heavy (non-hydrogen) atoms. The number of rotatable bonds is 25. The van der Waals surface area contributed by atoms with Crippen LogP contribution in [-0.4, -0.2) is 122 Å². The van der Waals surface area contributed by atoms with Crippen molar-refractivity contribution in [3.63, 3.8) is 0 Å². The molecule has 0 saturated carbocycles. The number of ether oxygens (including phenoxy) is 1. The zero-order valence-corrected chi connectivity index (χ0v) is 61.9. The van der Waals surface area contributed by atoms with E-state index in [0.29, 0.717) is 113 Å². The van der Waals surface area contributed by atoms with Crippen LogP contribution in [0.2, 0.25) is 10.0 Å². The van der Waals surface area contributed by atoms with Crippen molar-refractivity contribution in [3.05, 3.63) is 275 Å². The first-order valence-electron chi connectivity index (χ1n) is 35.5. The van der Waals surface area contributed by atoms with Gasteiger partial charge in [-0.2, -0.15) is 0 Å². The molecule has 0 spiro atoms. The van der Waals surface area contributed by atoms with E-state index in [1.54, 1.807) is 63.6 Å². The van der Waals surface area contributed by atoms with Crippen molar-refractivity contribution in [2.75, 3.05) is 53.9 Å². The van der Waals surface area contributed by atoms with E-state index in [4.69, 9.17) is 37.9 Å². The molecule has 0 radical (unpaired) electrons. The Morgan fingerprint density at radius 2 is 1.19 bits per heavy atom. The number of fused-ring (bicyclic) bond motifs is 2. The smallest absolute Gasteiger partial charge is 0.266 e. The molecule has 532 valence electrons. The number of aromatic nitrogens is 4. The molecular formula is C84H95Cl2N9O7. The Bertz CT molecular complexity index is 4580. The lowest BCUT2D eigenvalue weighted by molar-refractivity contribution is -0.138. The normalized spacial score (nSPS) is 13.2. The van der Waals surface area contributed by atoms with Crippen molar-refractivity contribution < 1.29 is 23.9 Å². The summed E-state index contributed by atoms with van der Waals surface area (Å²) in [5.41, 5.74) is 9.15. The lowest BCUT2D eigenvalue weighted by Crippen LogP contribution is -2.46. The van der Waals surface area contributed by atoms with Gasteiger partial charge in [-0.05, 0) is 198 Å². The van der Waals surface area contributed by atoms with Gasteiger partial charge in [-0.25, -0.2) is 9.97 Å². The first-order chi connectivity index (χ1) is 49.3. The van der Waals surface area contributed by atoms with Gasteiger partial charge >= 0.3 is 0 Å². The summed E-state index contributed by atoms with van der Waals surface area (Å²) in [6.07, 6.45) is 6.63. The molecule has 0 aliphatic carbocycles. The van der Waals surface area contributed by atoms with Crippen molar-refractivity contribution in [2.45, 2.75) is 130 Å². The quantitative estimate of drug-likeness (QED) is 0.0580. The predicted molar refractivity (Wildman–Crippen MR) is 412 cm³/mol. The van der Waals surface area contributed by atoms with Crippen LogP contribution in [0.4, 0.5) is 0 Å². The third-order valence-electron chi connectivity index (χ3n) is 18.7. The first kappa shape index (κ1) is 76.4. The monoisotopic (exact) mass is 1410 g/mol. The largest absolute Gasteiger partial charge is 0.497 e. The van der Waals surface area contributed by atoms with Gasteiger partial charge in [-0.3, -0.25) is 37.9 Å². The van der Waals surface area contributed by atoms with Crippen LogP contribution in [0.15, 0.2) is 204 Å². The minimum Gasteiger partial charge on any atom is -0.497 e. The van der Waals surface area contributed by atoms with Gasteiger partial charge in [-0.15, -0.1) is 0 Å². The molecule has 0 bridgehead atoms. The first-order valence-corrected chi connectivity index (χ1v) is 36.3. The molecule has 1 aliphatic heterocycles. The summed E-state index contributed by atoms with van der Waals surface area (Å²) in [6.45, 7) is 17.2. The molecule has 1 N–H and O–H groups in total. The number of carbonyl (C=O) groups is 4. The molecule has 11 rings (SSSR count). The van der Waals surface area contributed by atoms with Crippen LogP contribution in [0.1, 0.15) is 152 Å². The number of unbranched alkanes of at least 4 members (excludes halogenated alkanes) is 1. The van der Waals surface area contributed by atoms with Crippen LogP contribution in [0.3, 0.4) is 0 Å². The Hall–Kier alpha value is -9.74. The number of nitrogens with zero attached hydrogens (tertiary/aromatic N) is 8. The zero-order valence-electron chi connectivity index (χ0n) is 60.4. The van der Waals surface area contributed by atoms with Crippen LogP contribution >= 0.6 is 23.2 Å². The summed E-state index contributed by atoms with van der Waals surface area (Å²) in [6, 6.07) is 59.9. The number of aryl methyl sites for hydroxylation is 3. The van der Waals surface area contributed by atoms with E-state index in [0.717, 1.165) is 76.9 Å². The maximum absolute atomic E-state index is 14.9. The Balaban J connectivity index is 0.000000185. The molecule has 3 unspecified atom stereocenters. The lowest BCUT2D eigenvalue weighted by atomic mass is 9.89. The molecule has 16 nitrogen and oxygen atoms in total. The second-order valence-corrected chi connectivity index (χ2v) is 27.0. The molecule has 2 aromatic heterocycles. The highest BCUT2D eigenvalue weighted by Crippen LogP contribution is 2.35. The molecule has 1 aliphatic rings. The number of carbonyl (C=O) groups excluding carboxylic acids is 4. The average Bonchev–Trinajstić information content (AvgIpc) is 0.950. The number of hydrogen-bond donors (Lipinski definition) is 1. The number of likely N-dealkylation sites (N-methyl/N-ethyl adjacent to an activating group) is 1. The van der Waals surface area contributed by atoms with E-state index in [1.165, 1.54) is 0 Å². The van der Waals surface area contributed by atoms with Gasteiger partial charge in [0.25, 0.3) is 17.0 Å². The maximum atomic E-state index is 14.9. The maximum Gasteiger partial charge on any atom is 0.266 e. The van der Waals surface area contributed by atoms with Gasteiger partial charge in [0.05, 0.1) is 58.3 Å². The second-order valence-electron chi connectivity index (χ2n) is 26.2. The fraction of sp³-hybridized carbons (Fsp3) is 0.333.